The van der Waals surface area contributed by atoms with Gasteiger partial charge >= 0.3 is 0 Å². The molecule has 0 radical (unpaired) electrons. The van der Waals surface area contributed by atoms with Crippen LogP contribution in [0, 0.1) is 13.8 Å². The van der Waals surface area contributed by atoms with E-state index < -0.39 is 0 Å². The van der Waals surface area contributed by atoms with E-state index in [0.717, 1.165) is 17.9 Å². The van der Waals surface area contributed by atoms with Crippen molar-refractivity contribution in [3.63, 3.8) is 0 Å². The van der Waals surface area contributed by atoms with Crippen molar-refractivity contribution in [1.29, 1.82) is 0 Å². The molecule has 98 valence electrons. The van der Waals surface area contributed by atoms with E-state index in [9.17, 15) is 0 Å². The Kier molecular flexibility index (Phi) is 4.54. The summed E-state index contributed by atoms with van der Waals surface area (Å²) in [4.78, 5) is 4.47. The molecule has 2 heteroatoms. The van der Waals surface area contributed by atoms with E-state index in [1.807, 2.05) is 0 Å². The third kappa shape index (κ3) is 3.20. The molecule has 18 heavy (non-hydrogen) atoms. The van der Waals surface area contributed by atoms with Gasteiger partial charge in [0.05, 0.1) is 6.04 Å². The normalized spacial score (nSPS) is 17.4. The fourth-order valence-corrected chi connectivity index (χ4v) is 2.83. The van der Waals surface area contributed by atoms with Crippen molar-refractivity contribution in [2.24, 2.45) is 0 Å². The summed E-state index contributed by atoms with van der Waals surface area (Å²) in [6.07, 6.45) is 7.58. The van der Waals surface area contributed by atoms with E-state index >= 15 is 0 Å². The molecule has 1 atom stereocenters. The molecule has 0 saturated carbocycles. The summed E-state index contributed by atoms with van der Waals surface area (Å²) in [5.74, 6) is 0. The summed E-state index contributed by atoms with van der Waals surface area (Å²) in [7, 11) is 0. The average molecular weight is 244 g/mol. The Bertz CT molecular complexity index is 414. The topological polar surface area (TPSA) is 24.9 Å². The van der Waals surface area contributed by atoms with E-state index in [-0.39, 0.29) is 0 Å². The van der Waals surface area contributed by atoms with E-state index in [1.54, 1.807) is 5.57 Å². The SMILES string of the molecule is CCNC(C1=CCCCC1)c1cc(C)nc(C)c1. The average Bonchev–Trinajstić information content (AvgIpc) is 2.36. The summed E-state index contributed by atoms with van der Waals surface area (Å²) < 4.78 is 0. The molecule has 0 aromatic carbocycles. The summed E-state index contributed by atoms with van der Waals surface area (Å²) in [5, 5.41) is 3.63. The minimum Gasteiger partial charge on any atom is -0.307 e. The number of aryl methyl sites for hydroxylation is 2. The van der Waals surface area contributed by atoms with E-state index in [0.29, 0.717) is 6.04 Å². The number of rotatable bonds is 4. The van der Waals surface area contributed by atoms with Gasteiger partial charge in [0, 0.05) is 11.4 Å². The summed E-state index contributed by atoms with van der Waals surface area (Å²) in [6, 6.07) is 4.82. The molecule has 0 aliphatic heterocycles. The van der Waals surface area contributed by atoms with Gasteiger partial charge in [-0.2, -0.15) is 0 Å². The van der Waals surface area contributed by atoms with Crippen LogP contribution in [0.4, 0.5) is 0 Å². The van der Waals surface area contributed by atoms with Crippen LogP contribution in [0.2, 0.25) is 0 Å². The van der Waals surface area contributed by atoms with Crippen molar-refractivity contribution >= 4 is 0 Å². The van der Waals surface area contributed by atoms with E-state index in [1.165, 1.54) is 31.2 Å². The highest BCUT2D eigenvalue weighted by molar-refractivity contribution is 5.31. The lowest BCUT2D eigenvalue weighted by molar-refractivity contribution is 0.563. The van der Waals surface area contributed by atoms with Crippen LogP contribution in [0.5, 0.6) is 0 Å². The lowest BCUT2D eigenvalue weighted by Gasteiger charge is -2.25. The quantitative estimate of drug-likeness (QED) is 0.814. The van der Waals surface area contributed by atoms with Gasteiger partial charge in [-0.25, -0.2) is 0 Å². The van der Waals surface area contributed by atoms with Crippen LogP contribution in [0.1, 0.15) is 55.6 Å². The Morgan fingerprint density at radius 1 is 1.22 bits per heavy atom. The Morgan fingerprint density at radius 3 is 2.50 bits per heavy atom. The molecule has 1 aliphatic rings. The highest BCUT2D eigenvalue weighted by Gasteiger charge is 2.17. The number of nitrogens with one attached hydrogen (secondary N) is 1. The van der Waals surface area contributed by atoms with E-state index in [2.05, 4.69) is 49.3 Å². The highest BCUT2D eigenvalue weighted by atomic mass is 14.9. The number of hydrogen-bond acceptors (Lipinski definition) is 2. The Hall–Kier alpha value is -1.15. The Labute approximate surface area is 111 Å². The molecule has 1 aromatic rings. The molecule has 1 N–H and O–H groups in total. The standard InChI is InChI=1S/C16H24N2/c1-4-17-16(14-8-6-5-7-9-14)15-10-12(2)18-13(3)11-15/h8,10-11,16-17H,4-7,9H2,1-3H3. The number of likely N-dealkylation sites (N-methyl/N-ethyl adjacent to an activating group) is 1. The first-order valence-corrected chi connectivity index (χ1v) is 7.08. The van der Waals surface area contributed by atoms with Crippen molar-refractivity contribution in [3.8, 4) is 0 Å². The number of hydrogen-bond donors (Lipinski definition) is 1. The Morgan fingerprint density at radius 2 is 1.94 bits per heavy atom. The minimum absolute atomic E-state index is 0.385. The highest BCUT2D eigenvalue weighted by Crippen LogP contribution is 2.30. The largest absolute Gasteiger partial charge is 0.307 e. The van der Waals surface area contributed by atoms with Crippen molar-refractivity contribution in [1.82, 2.24) is 10.3 Å². The van der Waals surface area contributed by atoms with Gasteiger partial charge < -0.3 is 5.32 Å². The first kappa shape index (κ1) is 13.3. The minimum atomic E-state index is 0.385. The lowest BCUT2D eigenvalue weighted by atomic mass is 9.89. The second-order valence-corrected chi connectivity index (χ2v) is 5.20. The fraction of sp³-hybridized carbons (Fsp3) is 0.562. The summed E-state index contributed by atoms with van der Waals surface area (Å²) >= 11 is 0. The van der Waals surface area contributed by atoms with E-state index in [4.69, 9.17) is 0 Å². The van der Waals surface area contributed by atoms with Crippen molar-refractivity contribution in [3.05, 3.63) is 40.7 Å². The molecule has 1 aliphatic carbocycles. The number of aromatic nitrogens is 1. The molecule has 0 saturated heterocycles. The third-order valence-corrected chi connectivity index (χ3v) is 3.54. The van der Waals surface area contributed by atoms with Gasteiger partial charge in [0.1, 0.15) is 0 Å². The van der Waals surface area contributed by atoms with Crippen LogP contribution < -0.4 is 5.32 Å². The second kappa shape index (κ2) is 6.14. The number of nitrogens with zero attached hydrogens (tertiary/aromatic N) is 1. The third-order valence-electron chi connectivity index (χ3n) is 3.54. The van der Waals surface area contributed by atoms with Gasteiger partial charge in [-0.1, -0.05) is 18.6 Å². The number of pyridine rings is 1. The van der Waals surface area contributed by atoms with Crippen LogP contribution in [-0.2, 0) is 0 Å². The monoisotopic (exact) mass is 244 g/mol. The molecule has 0 amide bonds. The van der Waals surface area contributed by atoms with Crippen molar-refractivity contribution < 1.29 is 0 Å². The molecule has 0 fully saturated rings. The number of allylic oxidation sites excluding steroid dienone is 1. The molecule has 0 spiro atoms. The second-order valence-electron chi connectivity index (χ2n) is 5.20. The molecular weight excluding hydrogens is 220 g/mol. The predicted octanol–water partition coefficient (Wildman–Crippen LogP) is 3.85. The maximum Gasteiger partial charge on any atom is 0.0537 e. The first-order valence-electron chi connectivity index (χ1n) is 7.08. The van der Waals surface area contributed by atoms with Crippen LogP contribution in [0.15, 0.2) is 23.8 Å². The smallest absolute Gasteiger partial charge is 0.0537 e. The van der Waals surface area contributed by atoms with Crippen molar-refractivity contribution in [2.45, 2.75) is 52.5 Å². The fourth-order valence-electron chi connectivity index (χ4n) is 2.83. The predicted molar refractivity (Wildman–Crippen MR) is 76.7 cm³/mol. The van der Waals surface area contributed by atoms with Gasteiger partial charge in [-0.05, 0) is 63.8 Å². The molecule has 0 bridgehead atoms. The van der Waals surface area contributed by atoms with Gasteiger partial charge in [0.25, 0.3) is 0 Å². The van der Waals surface area contributed by atoms with Crippen LogP contribution in [-0.4, -0.2) is 11.5 Å². The van der Waals surface area contributed by atoms with Gasteiger partial charge in [-0.3, -0.25) is 4.98 Å². The lowest BCUT2D eigenvalue weighted by Crippen LogP contribution is -2.24. The first-order chi connectivity index (χ1) is 8.70. The zero-order chi connectivity index (χ0) is 13.0. The Balaban J connectivity index is 2.31. The zero-order valence-corrected chi connectivity index (χ0v) is 11.8. The maximum absolute atomic E-state index is 4.47. The molecule has 1 aromatic heterocycles. The summed E-state index contributed by atoms with van der Waals surface area (Å²) in [6.45, 7) is 7.34. The molecule has 1 heterocycles. The van der Waals surface area contributed by atoms with Crippen molar-refractivity contribution in [2.75, 3.05) is 6.54 Å². The molecular formula is C16H24N2. The van der Waals surface area contributed by atoms with Crippen LogP contribution in [0.25, 0.3) is 0 Å². The molecule has 2 nitrogen and oxygen atoms in total. The van der Waals surface area contributed by atoms with Gasteiger partial charge in [-0.15, -0.1) is 0 Å². The molecule has 2 rings (SSSR count). The summed E-state index contributed by atoms with van der Waals surface area (Å²) in [5.41, 5.74) is 5.16. The van der Waals surface area contributed by atoms with Crippen LogP contribution in [0.3, 0.4) is 0 Å². The van der Waals surface area contributed by atoms with Gasteiger partial charge in [0.15, 0.2) is 0 Å². The van der Waals surface area contributed by atoms with Gasteiger partial charge in [0.2, 0.25) is 0 Å². The van der Waals surface area contributed by atoms with Crippen LogP contribution >= 0.6 is 0 Å². The zero-order valence-electron chi connectivity index (χ0n) is 11.8. The molecule has 1 unspecified atom stereocenters. The maximum atomic E-state index is 4.47.